The normalized spacial score (nSPS) is 10.4. The van der Waals surface area contributed by atoms with Gasteiger partial charge in [-0.05, 0) is 33.3 Å². The Morgan fingerprint density at radius 2 is 1.50 bits per heavy atom. The van der Waals surface area contributed by atoms with Crippen molar-refractivity contribution >= 4 is 38.3 Å². The van der Waals surface area contributed by atoms with Gasteiger partial charge in [-0.25, -0.2) is 0 Å². The summed E-state index contributed by atoms with van der Waals surface area (Å²) >= 11 is 0. The number of aryl methyl sites for hydroxylation is 2. The summed E-state index contributed by atoms with van der Waals surface area (Å²) in [4.78, 5) is 12.8. The van der Waals surface area contributed by atoms with Crippen molar-refractivity contribution in [1.82, 2.24) is 0 Å². The van der Waals surface area contributed by atoms with Gasteiger partial charge in [0.05, 0.1) is 21.3 Å². The zero-order chi connectivity index (χ0) is 17.0. The topological polar surface area (TPSA) is 44.8 Å². The molecule has 0 amide bonds. The molecule has 0 N–H and O–H groups in total. The van der Waals surface area contributed by atoms with Crippen LogP contribution in [0.2, 0.25) is 0 Å². The van der Waals surface area contributed by atoms with Crippen LogP contribution in [0.4, 0.5) is 0 Å². The van der Waals surface area contributed by atoms with Crippen molar-refractivity contribution < 1.29 is 19.0 Å². The second-order valence-electron chi connectivity index (χ2n) is 5.18. The molecular formula is C18H21LiO4P. The standard InChI is InChI=1S/C18H21O4P.Li/c1-11-6-7-12(2)16(8-11)23-18(19)17-14(21-4)9-13(20-3)10-15(17)22-5;/h6-10,23H,1-5H3;. The molecule has 0 fully saturated rings. The van der Waals surface area contributed by atoms with Crippen LogP contribution in [-0.4, -0.2) is 45.7 Å². The predicted octanol–water partition coefficient (Wildman–Crippen LogP) is 3.09. The molecule has 4 nitrogen and oxygen atoms in total. The van der Waals surface area contributed by atoms with Crippen molar-refractivity contribution in [2.24, 2.45) is 0 Å². The summed E-state index contributed by atoms with van der Waals surface area (Å²) in [5.41, 5.74) is 2.68. The number of methoxy groups -OCH3 is 3. The molecule has 6 heteroatoms. The first-order valence-electron chi connectivity index (χ1n) is 7.18. The third-order valence-corrected chi connectivity index (χ3v) is 4.87. The maximum absolute atomic E-state index is 12.8. The number of benzene rings is 2. The molecule has 0 spiro atoms. The van der Waals surface area contributed by atoms with Crippen LogP contribution >= 0.6 is 8.58 Å². The second-order valence-corrected chi connectivity index (χ2v) is 6.42. The molecule has 0 aliphatic carbocycles. The Hall–Kier alpha value is -1.46. The molecule has 0 saturated heterocycles. The number of carbonyl (C=O) groups is 1. The molecule has 0 aliphatic rings. The fourth-order valence-electron chi connectivity index (χ4n) is 2.28. The van der Waals surface area contributed by atoms with Gasteiger partial charge in [0.15, 0.2) is 5.52 Å². The van der Waals surface area contributed by atoms with Gasteiger partial charge in [-0.15, -0.1) is 0 Å². The predicted molar refractivity (Wildman–Crippen MR) is 100 cm³/mol. The SMILES string of the molecule is COc1cc(OC)c(C(=O)Pc2cc(C)ccc2C)c(OC)c1.[Li]. The Labute approximate surface area is 156 Å². The maximum Gasteiger partial charge on any atom is 0.193 e. The third-order valence-electron chi connectivity index (χ3n) is 3.58. The maximum atomic E-state index is 12.8. The minimum Gasteiger partial charge on any atom is -0.496 e. The van der Waals surface area contributed by atoms with E-state index < -0.39 is 0 Å². The third kappa shape index (κ3) is 4.54. The van der Waals surface area contributed by atoms with E-state index in [2.05, 4.69) is 0 Å². The summed E-state index contributed by atoms with van der Waals surface area (Å²) < 4.78 is 16.0. The minimum absolute atomic E-state index is 0. The van der Waals surface area contributed by atoms with Crippen molar-refractivity contribution in [2.75, 3.05) is 21.3 Å². The van der Waals surface area contributed by atoms with E-state index in [0.29, 0.717) is 22.8 Å². The van der Waals surface area contributed by atoms with Crippen LogP contribution in [0.3, 0.4) is 0 Å². The monoisotopic (exact) mass is 339 g/mol. The van der Waals surface area contributed by atoms with E-state index in [4.69, 9.17) is 14.2 Å². The van der Waals surface area contributed by atoms with E-state index in [1.165, 1.54) is 14.2 Å². The molecule has 1 atom stereocenters. The van der Waals surface area contributed by atoms with Crippen LogP contribution in [0.5, 0.6) is 17.2 Å². The minimum atomic E-state index is -0.0185. The number of ether oxygens (including phenoxy) is 3. The second kappa shape index (κ2) is 9.13. The first kappa shape index (κ1) is 20.6. The van der Waals surface area contributed by atoms with E-state index in [9.17, 15) is 4.79 Å². The van der Waals surface area contributed by atoms with Gasteiger partial charge in [-0.3, -0.25) is 4.79 Å². The van der Waals surface area contributed by atoms with E-state index in [0.717, 1.165) is 16.4 Å². The molecule has 1 radical (unpaired) electrons. The average Bonchev–Trinajstić information content (AvgIpc) is 2.56. The van der Waals surface area contributed by atoms with Gasteiger partial charge in [0, 0.05) is 31.0 Å². The van der Waals surface area contributed by atoms with Crippen LogP contribution in [0.15, 0.2) is 30.3 Å². The van der Waals surface area contributed by atoms with Crippen LogP contribution < -0.4 is 19.5 Å². The van der Waals surface area contributed by atoms with E-state index in [1.54, 1.807) is 19.2 Å². The summed E-state index contributed by atoms with van der Waals surface area (Å²) in [6.45, 7) is 4.03. The van der Waals surface area contributed by atoms with Gasteiger partial charge in [-0.1, -0.05) is 23.8 Å². The average molecular weight is 339 g/mol. The zero-order valence-electron chi connectivity index (χ0n) is 15.0. The quantitative estimate of drug-likeness (QED) is 0.599. The number of carbonyl (C=O) groups excluding carboxylic acids is 1. The van der Waals surface area contributed by atoms with Crippen LogP contribution in [-0.2, 0) is 0 Å². The summed E-state index contributed by atoms with van der Waals surface area (Å²) in [5, 5.41) is 1.04. The first-order chi connectivity index (χ1) is 11.0. The van der Waals surface area contributed by atoms with Gasteiger partial charge in [0.1, 0.15) is 22.8 Å². The molecule has 0 saturated carbocycles. The van der Waals surface area contributed by atoms with Crippen LogP contribution in [0, 0.1) is 13.8 Å². The molecule has 123 valence electrons. The van der Waals surface area contributed by atoms with Gasteiger partial charge < -0.3 is 14.2 Å². The van der Waals surface area contributed by atoms with E-state index in [1.807, 2.05) is 32.0 Å². The van der Waals surface area contributed by atoms with Crippen LogP contribution in [0.1, 0.15) is 21.5 Å². The van der Waals surface area contributed by atoms with Crippen molar-refractivity contribution in [2.45, 2.75) is 13.8 Å². The van der Waals surface area contributed by atoms with Crippen molar-refractivity contribution in [1.29, 1.82) is 0 Å². The molecule has 0 bridgehead atoms. The Bertz CT molecular complexity index is 706. The molecule has 0 aliphatic heterocycles. The number of rotatable bonds is 6. The van der Waals surface area contributed by atoms with Gasteiger partial charge >= 0.3 is 0 Å². The van der Waals surface area contributed by atoms with E-state index in [-0.39, 0.29) is 33.0 Å². The number of hydrogen-bond donors (Lipinski definition) is 0. The molecule has 2 aromatic rings. The van der Waals surface area contributed by atoms with Gasteiger partial charge in [0.25, 0.3) is 0 Å². The number of hydrogen-bond acceptors (Lipinski definition) is 4. The summed E-state index contributed by atoms with van der Waals surface area (Å²) in [5.74, 6) is 1.51. The Morgan fingerprint density at radius 3 is 2.00 bits per heavy atom. The fourth-order valence-corrected chi connectivity index (χ4v) is 3.48. The van der Waals surface area contributed by atoms with Gasteiger partial charge in [-0.2, -0.15) is 0 Å². The summed E-state index contributed by atoms with van der Waals surface area (Å²) in [7, 11) is 4.64. The summed E-state index contributed by atoms with van der Waals surface area (Å²) in [6, 6.07) is 9.52. The smallest absolute Gasteiger partial charge is 0.193 e. The van der Waals surface area contributed by atoms with Crippen molar-refractivity contribution in [3.63, 3.8) is 0 Å². The molecule has 0 heterocycles. The molecule has 24 heavy (non-hydrogen) atoms. The largest absolute Gasteiger partial charge is 0.496 e. The summed E-state index contributed by atoms with van der Waals surface area (Å²) in [6.07, 6.45) is 0. The Balaban J connectivity index is 0.00000288. The molecular weight excluding hydrogens is 318 g/mol. The van der Waals surface area contributed by atoms with Crippen LogP contribution in [0.25, 0.3) is 0 Å². The first-order valence-corrected chi connectivity index (χ1v) is 8.18. The van der Waals surface area contributed by atoms with Crippen molar-refractivity contribution in [3.8, 4) is 17.2 Å². The van der Waals surface area contributed by atoms with E-state index >= 15 is 0 Å². The fraction of sp³-hybridized carbons (Fsp3) is 0.278. The molecule has 2 aromatic carbocycles. The Kier molecular flexibility index (Phi) is 7.83. The Morgan fingerprint density at radius 1 is 0.917 bits per heavy atom. The zero-order valence-corrected chi connectivity index (χ0v) is 16.0. The molecule has 0 aromatic heterocycles. The van der Waals surface area contributed by atoms with Crippen molar-refractivity contribution in [3.05, 3.63) is 47.0 Å². The molecule has 2 rings (SSSR count). The molecule has 1 unspecified atom stereocenters. The van der Waals surface area contributed by atoms with Gasteiger partial charge in [0.2, 0.25) is 0 Å².